The summed E-state index contributed by atoms with van der Waals surface area (Å²) >= 11 is 1.25. The molecule has 0 spiro atoms. The van der Waals surface area contributed by atoms with Crippen molar-refractivity contribution in [2.24, 2.45) is 0 Å². The second-order valence-corrected chi connectivity index (χ2v) is 8.32. The molecule has 0 aliphatic heterocycles. The zero-order valence-electron chi connectivity index (χ0n) is 16.5. The van der Waals surface area contributed by atoms with E-state index >= 15 is 0 Å². The van der Waals surface area contributed by atoms with Crippen molar-refractivity contribution in [2.75, 3.05) is 12.3 Å². The van der Waals surface area contributed by atoms with Gasteiger partial charge in [-0.25, -0.2) is 4.98 Å². The Morgan fingerprint density at radius 2 is 1.73 bits per heavy atom. The molecule has 4 rings (SSSR count). The van der Waals surface area contributed by atoms with Gasteiger partial charge < -0.3 is 5.32 Å². The number of hydrogen-bond donors (Lipinski definition) is 1. The Kier molecular flexibility index (Phi) is 6.28. The van der Waals surface area contributed by atoms with Crippen LogP contribution in [0.4, 0.5) is 0 Å². The van der Waals surface area contributed by atoms with Crippen LogP contribution < -0.4 is 10.9 Å². The van der Waals surface area contributed by atoms with Gasteiger partial charge in [-0.3, -0.25) is 19.0 Å². The fourth-order valence-corrected chi connectivity index (χ4v) is 4.69. The van der Waals surface area contributed by atoms with E-state index in [0.717, 1.165) is 25.7 Å². The lowest BCUT2D eigenvalue weighted by atomic mass is 10.1. The summed E-state index contributed by atoms with van der Waals surface area (Å²) < 4.78 is 1.77. The van der Waals surface area contributed by atoms with Crippen molar-refractivity contribution in [2.45, 2.75) is 36.9 Å². The number of hydrogen-bond acceptors (Lipinski definition) is 5. The van der Waals surface area contributed by atoms with Gasteiger partial charge in [0.05, 0.1) is 23.2 Å². The van der Waals surface area contributed by atoms with Gasteiger partial charge in [-0.1, -0.05) is 67.1 Å². The molecule has 1 heterocycles. The SMILES string of the molecule is O=C(CSc1nc2ccccc2c(=O)n1C1CCCC1)NCC(=O)c1ccccc1. The van der Waals surface area contributed by atoms with Crippen LogP contribution in [0.5, 0.6) is 0 Å². The Hall–Kier alpha value is -2.93. The molecule has 1 amide bonds. The van der Waals surface area contributed by atoms with Gasteiger partial charge in [-0.05, 0) is 25.0 Å². The number of Topliss-reactive ketones (excluding diaryl/α,β-unsaturated/α-hetero) is 1. The molecule has 0 saturated heterocycles. The van der Waals surface area contributed by atoms with Gasteiger partial charge in [0.15, 0.2) is 10.9 Å². The standard InChI is InChI=1S/C23H23N3O3S/c27-20(16-8-2-1-3-9-16)14-24-21(28)15-30-23-25-19-13-7-6-12-18(19)22(29)26(23)17-10-4-5-11-17/h1-3,6-9,12-13,17H,4-5,10-11,14-15H2,(H,24,28). The van der Waals surface area contributed by atoms with E-state index < -0.39 is 0 Å². The Labute approximate surface area is 178 Å². The number of carbonyl (C=O) groups excluding carboxylic acids is 2. The van der Waals surface area contributed by atoms with E-state index in [-0.39, 0.29) is 35.6 Å². The van der Waals surface area contributed by atoms with E-state index in [4.69, 9.17) is 0 Å². The number of nitrogens with zero attached hydrogens (tertiary/aromatic N) is 2. The minimum atomic E-state index is -0.260. The molecule has 30 heavy (non-hydrogen) atoms. The molecular formula is C23H23N3O3S. The Morgan fingerprint density at radius 1 is 1.03 bits per heavy atom. The first-order valence-electron chi connectivity index (χ1n) is 10.1. The number of para-hydroxylation sites is 1. The number of benzene rings is 2. The average Bonchev–Trinajstić information content (AvgIpc) is 3.31. The zero-order valence-corrected chi connectivity index (χ0v) is 17.4. The molecule has 2 aromatic carbocycles. The van der Waals surface area contributed by atoms with Gasteiger partial charge >= 0.3 is 0 Å². The topological polar surface area (TPSA) is 81.1 Å². The first-order valence-corrected chi connectivity index (χ1v) is 11.1. The second-order valence-electron chi connectivity index (χ2n) is 7.38. The minimum Gasteiger partial charge on any atom is -0.348 e. The van der Waals surface area contributed by atoms with Crippen LogP contribution in [0.15, 0.2) is 64.5 Å². The lowest BCUT2D eigenvalue weighted by Gasteiger charge is -2.18. The number of aromatic nitrogens is 2. The van der Waals surface area contributed by atoms with E-state index in [1.807, 2.05) is 24.3 Å². The molecule has 3 aromatic rings. The van der Waals surface area contributed by atoms with Crippen molar-refractivity contribution in [3.63, 3.8) is 0 Å². The van der Waals surface area contributed by atoms with Gasteiger partial charge in [-0.15, -0.1) is 0 Å². The van der Waals surface area contributed by atoms with Gasteiger partial charge in [0, 0.05) is 11.6 Å². The molecule has 0 unspecified atom stereocenters. The summed E-state index contributed by atoms with van der Waals surface area (Å²) in [6.45, 7) is -0.0516. The van der Waals surface area contributed by atoms with Crippen molar-refractivity contribution < 1.29 is 9.59 Å². The highest BCUT2D eigenvalue weighted by Gasteiger charge is 2.23. The average molecular weight is 422 g/mol. The molecule has 1 aliphatic rings. The van der Waals surface area contributed by atoms with Crippen molar-refractivity contribution in [1.29, 1.82) is 0 Å². The summed E-state index contributed by atoms with van der Waals surface area (Å²) in [5.74, 6) is -0.301. The second kappa shape index (κ2) is 9.26. The van der Waals surface area contributed by atoms with E-state index in [1.54, 1.807) is 34.9 Å². The number of nitrogens with one attached hydrogen (secondary N) is 1. The van der Waals surface area contributed by atoms with Gasteiger partial charge in [-0.2, -0.15) is 0 Å². The fraction of sp³-hybridized carbons (Fsp3) is 0.304. The summed E-state index contributed by atoms with van der Waals surface area (Å²) in [5.41, 5.74) is 1.16. The third-order valence-corrected chi connectivity index (χ3v) is 6.29. The van der Waals surface area contributed by atoms with Crippen LogP contribution in [0.3, 0.4) is 0 Å². The Bertz CT molecular complexity index is 1120. The minimum absolute atomic E-state index is 0.0466. The molecule has 1 aromatic heterocycles. The summed E-state index contributed by atoms with van der Waals surface area (Å²) in [7, 11) is 0. The van der Waals surface area contributed by atoms with E-state index in [9.17, 15) is 14.4 Å². The molecule has 1 N–H and O–H groups in total. The summed E-state index contributed by atoms with van der Waals surface area (Å²) in [5, 5.41) is 3.84. The molecule has 0 atom stereocenters. The molecular weight excluding hydrogens is 398 g/mol. The van der Waals surface area contributed by atoms with Crippen LogP contribution in [0.25, 0.3) is 10.9 Å². The van der Waals surface area contributed by atoms with Gasteiger partial charge in [0.25, 0.3) is 5.56 Å². The van der Waals surface area contributed by atoms with E-state index in [2.05, 4.69) is 10.3 Å². The molecule has 1 fully saturated rings. The number of ketones is 1. The number of fused-ring (bicyclic) bond motifs is 1. The quantitative estimate of drug-likeness (QED) is 0.358. The highest BCUT2D eigenvalue weighted by atomic mass is 32.2. The molecule has 7 heteroatoms. The lowest BCUT2D eigenvalue weighted by Crippen LogP contribution is -2.31. The Balaban J connectivity index is 1.47. The summed E-state index contributed by atoms with van der Waals surface area (Å²) in [6.07, 6.45) is 4.09. The summed E-state index contributed by atoms with van der Waals surface area (Å²) in [6, 6.07) is 16.3. The number of thioether (sulfide) groups is 1. The maximum absolute atomic E-state index is 13.1. The van der Waals surface area contributed by atoms with Crippen molar-refractivity contribution in [1.82, 2.24) is 14.9 Å². The van der Waals surface area contributed by atoms with E-state index in [0.29, 0.717) is 21.6 Å². The Morgan fingerprint density at radius 3 is 2.50 bits per heavy atom. The zero-order chi connectivity index (χ0) is 20.9. The van der Waals surface area contributed by atoms with Crippen molar-refractivity contribution in [3.05, 3.63) is 70.5 Å². The highest BCUT2D eigenvalue weighted by molar-refractivity contribution is 7.99. The van der Waals surface area contributed by atoms with E-state index in [1.165, 1.54) is 11.8 Å². The third-order valence-electron chi connectivity index (χ3n) is 5.34. The van der Waals surface area contributed by atoms with Crippen LogP contribution in [0.2, 0.25) is 0 Å². The van der Waals surface area contributed by atoms with Crippen LogP contribution >= 0.6 is 11.8 Å². The predicted molar refractivity (Wildman–Crippen MR) is 118 cm³/mol. The number of carbonyl (C=O) groups is 2. The summed E-state index contributed by atoms with van der Waals surface area (Å²) in [4.78, 5) is 42.3. The molecule has 1 saturated carbocycles. The third kappa shape index (κ3) is 4.46. The van der Waals surface area contributed by atoms with Crippen LogP contribution in [-0.4, -0.2) is 33.5 Å². The molecule has 0 bridgehead atoms. The first kappa shape index (κ1) is 20.3. The van der Waals surface area contributed by atoms with Gasteiger partial charge in [0.2, 0.25) is 5.91 Å². The predicted octanol–water partition coefficient (Wildman–Crippen LogP) is 3.60. The smallest absolute Gasteiger partial charge is 0.262 e. The molecule has 1 aliphatic carbocycles. The van der Waals surface area contributed by atoms with Crippen LogP contribution in [0, 0.1) is 0 Å². The molecule has 6 nitrogen and oxygen atoms in total. The van der Waals surface area contributed by atoms with Crippen LogP contribution in [-0.2, 0) is 4.79 Å². The molecule has 154 valence electrons. The fourth-order valence-electron chi connectivity index (χ4n) is 3.80. The monoisotopic (exact) mass is 421 g/mol. The first-order chi connectivity index (χ1) is 14.6. The van der Waals surface area contributed by atoms with Crippen molar-refractivity contribution >= 4 is 34.4 Å². The number of amides is 1. The number of rotatable bonds is 7. The van der Waals surface area contributed by atoms with Gasteiger partial charge in [0.1, 0.15) is 0 Å². The maximum atomic E-state index is 13.1. The lowest BCUT2D eigenvalue weighted by molar-refractivity contribution is -0.118. The maximum Gasteiger partial charge on any atom is 0.262 e. The van der Waals surface area contributed by atoms with Crippen molar-refractivity contribution in [3.8, 4) is 0 Å². The van der Waals surface area contributed by atoms with Crippen LogP contribution in [0.1, 0.15) is 42.1 Å². The molecule has 0 radical (unpaired) electrons. The highest BCUT2D eigenvalue weighted by Crippen LogP contribution is 2.32. The largest absolute Gasteiger partial charge is 0.348 e. The normalized spacial score (nSPS) is 14.1.